The first-order chi connectivity index (χ1) is 13.2. The van der Waals surface area contributed by atoms with Gasteiger partial charge in [0.2, 0.25) is 0 Å². The summed E-state index contributed by atoms with van der Waals surface area (Å²) < 4.78 is 21.6. The van der Waals surface area contributed by atoms with Crippen molar-refractivity contribution < 1.29 is 38.1 Å². The molecule has 1 amide bonds. The van der Waals surface area contributed by atoms with E-state index >= 15 is 0 Å². The lowest BCUT2D eigenvalue weighted by Crippen LogP contribution is -2.65. The molecule has 0 aromatic heterocycles. The Morgan fingerprint density at radius 3 is 2.64 bits per heavy atom. The van der Waals surface area contributed by atoms with Crippen molar-refractivity contribution in [2.75, 3.05) is 13.2 Å². The molecule has 3 aliphatic rings. The van der Waals surface area contributed by atoms with Gasteiger partial charge in [0.25, 0.3) is 11.6 Å². The number of carbonyl (C=O) groups excluding carboxylic acids is 4. The standard InChI is InChI=1S/C16H20N4O8/c1-8(21)25-4-11-13(27-9(2)22)16(5-26-11,28-10(3)23)20-7-19-12-14(20)17-6-18-15(12)24/h6-7,11-14H,4-5H2,1-3H3,(H,17,18,24). The molecule has 28 heavy (non-hydrogen) atoms. The SMILES string of the molecule is CC(=O)OCC1OCC(OC(C)=O)(N2C=NC3C(=O)NC=NC32)C1OC(C)=O. The topological polar surface area (TPSA) is 145 Å². The van der Waals surface area contributed by atoms with Gasteiger partial charge >= 0.3 is 17.9 Å². The molecule has 0 saturated carbocycles. The lowest BCUT2D eigenvalue weighted by atomic mass is 10.0. The summed E-state index contributed by atoms with van der Waals surface area (Å²) in [6.45, 7) is 3.16. The van der Waals surface area contributed by atoms with Gasteiger partial charge in [-0.1, -0.05) is 0 Å². The number of ether oxygens (including phenoxy) is 4. The summed E-state index contributed by atoms with van der Waals surface area (Å²) in [5.74, 6) is -2.25. The smallest absolute Gasteiger partial charge is 0.304 e. The van der Waals surface area contributed by atoms with E-state index in [1.807, 2.05) is 0 Å². The van der Waals surface area contributed by atoms with E-state index in [1.165, 1.54) is 38.3 Å². The van der Waals surface area contributed by atoms with Crippen LogP contribution in [0.1, 0.15) is 20.8 Å². The molecule has 1 fully saturated rings. The van der Waals surface area contributed by atoms with Crippen LogP contribution in [-0.2, 0) is 38.1 Å². The highest BCUT2D eigenvalue weighted by molar-refractivity contribution is 5.96. The van der Waals surface area contributed by atoms with Crippen LogP contribution in [0.2, 0.25) is 0 Å². The minimum Gasteiger partial charge on any atom is -0.463 e. The zero-order chi connectivity index (χ0) is 20.5. The fraction of sp³-hybridized carbons (Fsp3) is 0.625. The van der Waals surface area contributed by atoms with Crippen molar-refractivity contribution in [3.8, 4) is 0 Å². The second-order valence-corrected chi connectivity index (χ2v) is 6.44. The number of amides is 1. The average molecular weight is 396 g/mol. The molecule has 12 heteroatoms. The van der Waals surface area contributed by atoms with Crippen LogP contribution in [-0.4, -0.2) is 84.7 Å². The maximum atomic E-state index is 12.0. The number of nitrogens with one attached hydrogen (secondary N) is 1. The number of hydrogen-bond donors (Lipinski definition) is 1. The molecule has 5 atom stereocenters. The highest BCUT2D eigenvalue weighted by Gasteiger charge is 2.62. The summed E-state index contributed by atoms with van der Waals surface area (Å²) in [7, 11) is 0. The first-order valence-electron chi connectivity index (χ1n) is 8.50. The van der Waals surface area contributed by atoms with Gasteiger partial charge in [-0.2, -0.15) is 0 Å². The third-order valence-corrected chi connectivity index (χ3v) is 4.41. The predicted molar refractivity (Wildman–Crippen MR) is 91.0 cm³/mol. The largest absolute Gasteiger partial charge is 0.463 e. The van der Waals surface area contributed by atoms with E-state index < -0.39 is 48.0 Å². The van der Waals surface area contributed by atoms with Crippen molar-refractivity contribution in [3.63, 3.8) is 0 Å². The minimum atomic E-state index is -1.64. The van der Waals surface area contributed by atoms with Crippen LogP contribution >= 0.6 is 0 Å². The Morgan fingerprint density at radius 2 is 2.00 bits per heavy atom. The second kappa shape index (κ2) is 7.54. The van der Waals surface area contributed by atoms with E-state index in [-0.39, 0.29) is 19.1 Å². The van der Waals surface area contributed by atoms with Gasteiger partial charge < -0.3 is 24.3 Å². The molecule has 0 aromatic rings. The van der Waals surface area contributed by atoms with E-state index in [1.54, 1.807) is 0 Å². The first kappa shape index (κ1) is 19.7. The number of fused-ring (bicyclic) bond motifs is 1. The van der Waals surface area contributed by atoms with Gasteiger partial charge in [0.15, 0.2) is 18.3 Å². The van der Waals surface area contributed by atoms with Crippen LogP contribution in [0, 0.1) is 0 Å². The van der Waals surface area contributed by atoms with Crippen molar-refractivity contribution in [3.05, 3.63) is 0 Å². The monoisotopic (exact) mass is 396 g/mol. The number of hydrogen-bond acceptors (Lipinski definition) is 11. The summed E-state index contributed by atoms with van der Waals surface area (Å²) in [6, 6.07) is -0.858. The molecule has 3 rings (SSSR count). The van der Waals surface area contributed by atoms with Crippen LogP contribution < -0.4 is 5.32 Å². The van der Waals surface area contributed by atoms with Gasteiger partial charge in [0.1, 0.15) is 19.3 Å². The van der Waals surface area contributed by atoms with Crippen LogP contribution in [0.5, 0.6) is 0 Å². The van der Waals surface area contributed by atoms with E-state index in [4.69, 9.17) is 18.9 Å². The number of esters is 3. The molecule has 0 radical (unpaired) electrons. The fourth-order valence-corrected chi connectivity index (χ4v) is 3.36. The Morgan fingerprint density at radius 1 is 1.25 bits per heavy atom. The molecule has 3 aliphatic heterocycles. The minimum absolute atomic E-state index is 0.219. The van der Waals surface area contributed by atoms with Gasteiger partial charge in [-0.3, -0.25) is 29.1 Å². The molecule has 0 aromatic carbocycles. The van der Waals surface area contributed by atoms with Gasteiger partial charge in [-0.25, -0.2) is 4.99 Å². The second-order valence-electron chi connectivity index (χ2n) is 6.44. The zero-order valence-corrected chi connectivity index (χ0v) is 15.5. The Bertz CT molecular complexity index is 753. The molecular weight excluding hydrogens is 376 g/mol. The molecule has 1 N–H and O–H groups in total. The normalized spacial score (nSPS) is 33.2. The molecule has 0 bridgehead atoms. The van der Waals surface area contributed by atoms with Crippen molar-refractivity contribution in [2.24, 2.45) is 9.98 Å². The van der Waals surface area contributed by atoms with E-state index in [0.29, 0.717) is 0 Å². The molecule has 152 valence electrons. The van der Waals surface area contributed by atoms with Crippen molar-refractivity contribution in [2.45, 2.75) is 50.9 Å². The Labute approximate surface area is 159 Å². The van der Waals surface area contributed by atoms with Gasteiger partial charge in [-0.05, 0) is 0 Å². The Hall–Kier alpha value is -3.02. The van der Waals surface area contributed by atoms with Crippen LogP contribution in [0.25, 0.3) is 0 Å². The molecule has 0 aliphatic carbocycles. The van der Waals surface area contributed by atoms with Crippen molar-refractivity contribution >= 4 is 36.5 Å². The lowest BCUT2D eigenvalue weighted by Gasteiger charge is -2.42. The summed E-state index contributed by atoms with van der Waals surface area (Å²) in [6.07, 6.45) is -0.337. The van der Waals surface area contributed by atoms with Gasteiger partial charge in [-0.15, -0.1) is 0 Å². The highest BCUT2D eigenvalue weighted by atomic mass is 16.7. The zero-order valence-electron chi connectivity index (χ0n) is 15.5. The third-order valence-electron chi connectivity index (χ3n) is 4.41. The van der Waals surface area contributed by atoms with Gasteiger partial charge in [0, 0.05) is 20.8 Å². The lowest BCUT2D eigenvalue weighted by molar-refractivity contribution is -0.205. The Balaban J connectivity index is 1.98. The molecular formula is C16H20N4O8. The van der Waals surface area contributed by atoms with Crippen molar-refractivity contribution in [1.82, 2.24) is 10.2 Å². The molecule has 0 spiro atoms. The van der Waals surface area contributed by atoms with Crippen LogP contribution in [0.4, 0.5) is 0 Å². The predicted octanol–water partition coefficient (Wildman–Crippen LogP) is -1.66. The van der Waals surface area contributed by atoms with Crippen LogP contribution in [0.15, 0.2) is 9.98 Å². The van der Waals surface area contributed by atoms with E-state index in [2.05, 4.69) is 15.3 Å². The summed E-state index contributed by atoms with van der Waals surface area (Å²) in [4.78, 5) is 56.6. The highest BCUT2D eigenvalue weighted by Crippen LogP contribution is 2.38. The average Bonchev–Trinajstić information content (AvgIpc) is 3.16. The van der Waals surface area contributed by atoms with E-state index in [9.17, 15) is 19.2 Å². The van der Waals surface area contributed by atoms with Crippen LogP contribution in [0.3, 0.4) is 0 Å². The number of nitrogens with zero attached hydrogens (tertiary/aromatic N) is 3. The maximum Gasteiger partial charge on any atom is 0.304 e. The molecule has 1 saturated heterocycles. The first-order valence-corrected chi connectivity index (χ1v) is 8.50. The van der Waals surface area contributed by atoms with Crippen molar-refractivity contribution in [1.29, 1.82) is 0 Å². The number of carbonyl (C=O) groups is 4. The number of aliphatic imine (C=N–C) groups is 2. The molecule has 3 heterocycles. The quantitative estimate of drug-likeness (QED) is 0.426. The third kappa shape index (κ3) is 3.54. The van der Waals surface area contributed by atoms with Gasteiger partial charge in [0.05, 0.1) is 12.7 Å². The maximum absolute atomic E-state index is 12.0. The molecule has 5 unspecified atom stereocenters. The van der Waals surface area contributed by atoms with E-state index in [0.717, 1.165) is 0 Å². The number of rotatable bonds is 5. The Kier molecular flexibility index (Phi) is 5.31. The molecule has 12 nitrogen and oxygen atoms in total. The summed E-state index contributed by atoms with van der Waals surface area (Å²) in [5, 5.41) is 2.45. The summed E-state index contributed by atoms with van der Waals surface area (Å²) >= 11 is 0. The fourth-order valence-electron chi connectivity index (χ4n) is 3.36. The summed E-state index contributed by atoms with van der Waals surface area (Å²) in [5.41, 5.74) is -1.64.